The van der Waals surface area contributed by atoms with Gasteiger partial charge in [0, 0.05) is 6.61 Å². The van der Waals surface area contributed by atoms with Crippen LogP contribution in [0.3, 0.4) is 0 Å². The van der Waals surface area contributed by atoms with Gasteiger partial charge in [0.15, 0.2) is 0 Å². The minimum absolute atomic E-state index is 0.107. The third kappa shape index (κ3) is 3.17. The first-order valence-electron chi connectivity index (χ1n) is 12.5. The van der Waals surface area contributed by atoms with Gasteiger partial charge in [-0.15, -0.1) is 0 Å². The van der Waals surface area contributed by atoms with Gasteiger partial charge in [-0.3, -0.25) is 0 Å². The highest BCUT2D eigenvalue weighted by Crippen LogP contribution is 2.68. The van der Waals surface area contributed by atoms with E-state index in [2.05, 4.69) is 26.8 Å². The Morgan fingerprint density at radius 3 is 2.76 bits per heavy atom. The minimum atomic E-state index is -0.107. The Morgan fingerprint density at radius 1 is 1.14 bits per heavy atom. The van der Waals surface area contributed by atoms with Crippen LogP contribution in [-0.4, -0.2) is 35.1 Å². The molecule has 4 aliphatic carbocycles. The molecule has 29 heavy (non-hydrogen) atoms. The van der Waals surface area contributed by atoms with Gasteiger partial charge in [-0.2, -0.15) is 0 Å². The SMILES string of the molecule is C[C@@H](CO)CCC1CC2C(CC3C4CC=C5CC(O)CCC5(C)C4CCC23C)O1. The fraction of sp³-hybridized carbons (Fsp3) is 0.923. The molecule has 9 unspecified atom stereocenters. The predicted octanol–water partition coefficient (Wildman–Crippen LogP) is 5.10. The van der Waals surface area contributed by atoms with Crippen LogP contribution in [0.25, 0.3) is 0 Å². The number of hydrogen-bond acceptors (Lipinski definition) is 3. The van der Waals surface area contributed by atoms with Gasteiger partial charge in [0.25, 0.3) is 0 Å². The molecule has 1 heterocycles. The van der Waals surface area contributed by atoms with Crippen molar-refractivity contribution in [3.63, 3.8) is 0 Å². The van der Waals surface area contributed by atoms with Gasteiger partial charge in [-0.1, -0.05) is 32.4 Å². The maximum absolute atomic E-state index is 10.2. The van der Waals surface area contributed by atoms with Crippen LogP contribution in [0, 0.1) is 40.4 Å². The standard InChI is InChI=1S/C26H42O3/c1-16(15-27)4-6-19-13-23-24(29-19)14-22-20-7-5-17-12-18(28)8-10-25(17,2)21(20)9-11-26(22,23)3/h5,16,18-24,27-28H,4,6-15H2,1-3H3/t16-,18?,19?,20?,21?,22?,23?,24?,25?,26?/m1/s1. The summed E-state index contributed by atoms with van der Waals surface area (Å²) in [4.78, 5) is 0. The lowest BCUT2D eigenvalue weighted by atomic mass is 9.47. The van der Waals surface area contributed by atoms with Gasteiger partial charge in [-0.05, 0) is 105 Å². The topological polar surface area (TPSA) is 49.7 Å². The molecule has 3 saturated carbocycles. The molecule has 0 aromatic rings. The van der Waals surface area contributed by atoms with Gasteiger partial charge in [0.1, 0.15) is 0 Å². The molecule has 3 nitrogen and oxygen atoms in total. The van der Waals surface area contributed by atoms with Crippen LogP contribution >= 0.6 is 0 Å². The molecule has 4 fully saturated rings. The van der Waals surface area contributed by atoms with E-state index in [1.165, 1.54) is 38.5 Å². The second kappa shape index (κ2) is 7.35. The van der Waals surface area contributed by atoms with E-state index in [0.717, 1.165) is 49.4 Å². The summed E-state index contributed by atoms with van der Waals surface area (Å²) in [6.45, 7) is 7.57. The summed E-state index contributed by atoms with van der Waals surface area (Å²) in [5.74, 6) is 3.59. The van der Waals surface area contributed by atoms with Crippen molar-refractivity contribution in [3.8, 4) is 0 Å². The molecule has 3 heteroatoms. The summed E-state index contributed by atoms with van der Waals surface area (Å²) >= 11 is 0. The zero-order valence-corrected chi connectivity index (χ0v) is 18.8. The Hall–Kier alpha value is -0.380. The number of allylic oxidation sites excluding steroid dienone is 1. The lowest BCUT2D eigenvalue weighted by molar-refractivity contribution is -0.0516. The summed E-state index contributed by atoms with van der Waals surface area (Å²) in [5.41, 5.74) is 2.37. The third-order valence-corrected chi connectivity index (χ3v) is 10.5. The van der Waals surface area contributed by atoms with E-state index < -0.39 is 0 Å². The molecular weight excluding hydrogens is 360 g/mol. The molecular formula is C26H42O3. The molecule has 1 saturated heterocycles. The van der Waals surface area contributed by atoms with Crippen molar-refractivity contribution in [1.29, 1.82) is 0 Å². The highest BCUT2D eigenvalue weighted by molar-refractivity contribution is 5.26. The van der Waals surface area contributed by atoms with Crippen molar-refractivity contribution in [3.05, 3.63) is 11.6 Å². The van der Waals surface area contributed by atoms with Gasteiger partial charge < -0.3 is 14.9 Å². The Kier molecular flexibility index (Phi) is 5.20. The number of aliphatic hydroxyl groups is 2. The summed E-state index contributed by atoms with van der Waals surface area (Å²) < 4.78 is 6.63. The van der Waals surface area contributed by atoms with Crippen LogP contribution in [0.15, 0.2) is 11.6 Å². The molecule has 2 N–H and O–H groups in total. The van der Waals surface area contributed by atoms with E-state index in [-0.39, 0.29) is 6.10 Å². The van der Waals surface area contributed by atoms with Gasteiger partial charge in [0.2, 0.25) is 0 Å². The minimum Gasteiger partial charge on any atom is -0.396 e. The lowest BCUT2D eigenvalue weighted by Crippen LogP contribution is -2.50. The summed E-state index contributed by atoms with van der Waals surface area (Å²) in [6.07, 6.45) is 15.1. The molecule has 0 spiro atoms. The molecule has 5 rings (SSSR count). The number of aliphatic hydroxyl groups excluding tert-OH is 2. The first-order chi connectivity index (χ1) is 13.8. The van der Waals surface area contributed by atoms with Crippen molar-refractivity contribution in [2.75, 3.05) is 6.61 Å². The third-order valence-electron chi connectivity index (χ3n) is 10.5. The fourth-order valence-corrected chi connectivity index (χ4v) is 8.64. The van der Waals surface area contributed by atoms with Gasteiger partial charge in [0.05, 0.1) is 18.3 Å². The maximum atomic E-state index is 10.2. The summed E-state index contributed by atoms with van der Waals surface area (Å²) in [6, 6.07) is 0. The average Bonchev–Trinajstić information content (AvgIpc) is 3.23. The number of rotatable bonds is 4. The second-order valence-electron chi connectivity index (χ2n) is 11.9. The maximum Gasteiger partial charge on any atom is 0.0616 e. The normalized spacial score (nSPS) is 52.2. The second-order valence-corrected chi connectivity index (χ2v) is 11.9. The molecule has 0 aromatic heterocycles. The first-order valence-corrected chi connectivity index (χ1v) is 12.5. The molecule has 5 aliphatic rings. The first kappa shape index (κ1) is 20.5. The van der Waals surface area contributed by atoms with Crippen LogP contribution in [-0.2, 0) is 4.74 Å². The van der Waals surface area contributed by atoms with Gasteiger partial charge >= 0.3 is 0 Å². The Balaban J connectivity index is 1.31. The zero-order valence-electron chi connectivity index (χ0n) is 18.8. The highest BCUT2D eigenvalue weighted by atomic mass is 16.5. The summed E-state index contributed by atoms with van der Waals surface area (Å²) in [7, 11) is 0. The Bertz CT molecular complexity index is 658. The van der Waals surface area contributed by atoms with Gasteiger partial charge in [-0.25, -0.2) is 0 Å². The van der Waals surface area contributed by atoms with Crippen LogP contribution in [0.4, 0.5) is 0 Å². The van der Waals surface area contributed by atoms with E-state index >= 15 is 0 Å². The Morgan fingerprint density at radius 2 is 1.97 bits per heavy atom. The molecule has 1 aliphatic heterocycles. The Labute approximate surface area is 177 Å². The molecule has 0 bridgehead atoms. The predicted molar refractivity (Wildman–Crippen MR) is 115 cm³/mol. The van der Waals surface area contributed by atoms with E-state index in [1.807, 2.05) is 0 Å². The van der Waals surface area contributed by atoms with Crippen LogP contribution in [0.5, 0.6) is 0 Å². The monoisotopic (exact) mass is 402 g/mol. The van der Waals surface area contributed by atoms with E-state index in [4.69, 9.17) is 4.74 Å². The zero-order chi connectivity index (χ0) is 20.4. The lowest BCUT2D eigenvalue weighted by Gasteiger charge is -2.58. The highest BCUT2D eigenvalue weighted by Gasteiger charge is 2.63. The molecule has 0 radical (unpaired) electrons. The van der Waals surface area contributed by atoms with Crippen molar-refractivity contribution in [1.82, 2.24) is 0 Å². The molecule has 164 valence electrons. The smallest absolute Gasteiger partial charge is 0.0616 e. The fourth-order valence-electron chi connectivity index (χ4n) is 8.64. The van der Waals surface area contributed by atoms with Crippen molar-refractivity contribution < 1.29 is 14.9 Å². The largest absolute Gasteiger partial charge is 0.396 e. The molecule has 10 atom stereocenters. The number of ether oxygens (including phenoxy) is 1. The quantitative estimate of drug-likeness (QED) is 0.643. The van der Waals surface area contributed by atoms with Crippen LogP contribution in [0.2, 0.25) is 0 Å². The van der Waals surface area contributed by atoms with Crippen molar-refractivity contribution >= 4 is 0 Å². The molecule has 0 aromatic carbocycles. The number of fused-ring (bicyclic) bond motifs is 7. The van der Waals surface area contributed by atoms with Crippen LogP contribution < -0.4 is 0 Å². The van der Waals surface area contributed by atoms with Crippen molar-refractivity contribution in [2.24, 2.45) is 40.4 Å². The molecule has 0 amide bonds. The number of hydrogen-bond donors (Lipinski definition) is 2. The average molecular weight is 403 g/mol. The van der Waals surface area contributed by atoms with Crippen molar-refractivity contribution in [2.45, 2.75) is 103 Å². The van der Waals surface area contributed by atoms with E-state index in [0.29, 0.717) is 35.6 Å². The summed E-state index contributed by atoms with van der Waals surface area (Å²) in [5, 5.41) is 19.5. The van der Waals surface area contributed by atoms with E-state index in [1.54, 1.807) is 5.57 Å². The van der Waals surface area contributed by atoms with E-state index in [9.17, 15) is 10.2 Å². The van der Waals surface area contributed by atoms with Crippen LogP contribution in [0.1, 0.15) is 85.0 Å².